The molecule has 1 saturated carbocycles. The van der Waals surface area contributed by atoms with Crippen LogP contribution in [0.25, 0.3) is 0 Å². The summed E-state index contributed by atoms with van der Waals surface area (Å²) in [6.45, 7) is 7.58. The topological polar surface area (TPSA) is 9.23 Å². The zero-order valence-electron chi connectivity index (χ0n) is 11.0. The fourth-order valence-corrected chi connectivity index (χ4v) is 3.99. The third kappa shape index (κ3) is 2.22. The van der Waals surface area contributed by atoms with E-state index in [-0.39, 0.29) is 0 Å². The molecule has 2 bridgehead atoms. The van der Waals surface area contributed by atoms with Crippen molar-refractivity contribution in [3.8, 4) is 0 Å². The third-order valence-corrected chi connectivity index (χ3v) is 4.99. The fourth-order valence-electron chi connectivity index (χ4n) is 3.99. The Morgan fingerprint density at radius 1 is 1.35 bits per heavy atom. The predicted octanol–water partition coefficient (Wildman–Crippen LogP) is 4.10. The maximum absolute atomic E-state index is 6.22. The van der Waals surface area contributed by atoms with Crippen LogP contribution in [0, 0.1) is 17.8 Å². The Labute approximate surface area is 105 Å². The third-order valence-electron chi connectivity index (χ3n) is 4.99. The molecule has 0 amide bonds. The highest BCUT2D eigenvalue weighted by atomic mass is 16.5. The SMILES string of the molecule is C=C1CC[C@H]2CO[C@H]([C@@H]3CCC=C(C)C3)[C@H]1C2. The second-order valence-electron chi connectivity index (χ2n) is 6.30. The van der Waals surface area contributed by atoms with Crippen molar-refractivity contribution < 1.29 is 4.74 Å². The van der Waals surface area contributed by atoms with E-state index in [2.05, 4.69) is 19.6 Å². The molecule has 0 aromatic heterocycles. The molecule has 0 N–H and O–H groups in total. The van der Waals surface area contributed by atoms with E-state index < -0.39 is 0 Å². The normalized spacial score (nSPS) is 42.2. The summed E-state index contributed by atoms with van der Waals surface area (Å²) in [5.41, 5.74) is 3.03. The molecule has 17 heavy (non-hydrogen) atoms. The van der Waals surface area contributed by atoms with E-state index in [1.54, 1.807) is 5.57 Å². The van der Waals surface area contributed by atoms with Gasteiger partial charge in [0, 0.05) is 12.5 Å². The van der Waals surface area contributed by atoms with Crippen molar-refractivity contribution in [2.45, 2.75) is 51.6 Å². The highest BCUT2D eigenvalue weighted by molar-refractivity contribution is 5.13. The molecule has 3 rings (SSSR count). The van der Waals surface area contributed by atoms with Gasteiger partial charge >= 0.3 is 0 Å². The first kappa shape index (κ1) is 11.5. The molecule has 2 fully saturated rings. The predicted molar refractivity (Wildman–Crippen MR) is 70.8 cm³/mol. The van der Waals surface area contributed by atoms with Gasteiger partial charge in [-0.1, -0.05) is 23.8 Å². The molecule has 0 radical (unpaired) electrons. The Balaban J connectivity index is 1.74. The van der Waals surface area contributed by atoms with Gasteiger partial charge in [0.1, 0.15) is 0 Å². The first-order chi connectivity index (χ1) is 8.24. The van der Waals surface area contributed by atoms with Crippen LogP contribution in [0.2, 0.25) is 0 Å². The van der Waals surface area contributed by atoms with Gasteiger partial charge in [0.25, 0.3) is 0 Å². The lowest BCUT2D eigenvalue weighted by Crippen LogP contribution is -2.43. The van der Waals surface area contributed by atoms with Crippen molar-refractivity contribution >= 4 is 0 Å². The molecule has 1 heteroatoms. The Morgan fingerprint density at radius 3 is 3.06 bits per heavy atom. The summed E-state index contributed by atoms with van der Waals surface area (Å²) < 4.78 is 6.22. The molecule has 0 spiro atoms. The van der Waals surface area contributed by atoms with Crippen LogP contribution in [0.15, 0.2) is 23.8 Å². The highest BCUT2D eigenvalue weighted by Crippen LogP contribution is 2.44. The molecule has 1 nitrogen and oxygen atoms in total. The lowest BCUT2D eigenvalue weighted by Gasteiger charge is -2.45. The number of fused-ring (bicyclic) bond motifs is 2. The van der Waals surface area contributed by atoms with E-state index in [0.29, 0.717) is 12.0 Å². The van der Waals surface area contributed by atoms with Crippen LogP contribution in [0.1, 0.15) is 45.4 Å². The summed E-state index contributed by atoms with van der Waals surface area (Å²) in [7, 11) is 0. The fraction of sp³-hybridized carbons (Fsp3) is 0.750. The maximum atomic E-state index is 6.22. The van der Waals surface area contributed by atoms with Crippen molar-refractivity contribution in [1.82, 2.24) is 0 Å². The van der Waals surface area contributed by atoms with Gasteiger partial charge in [-0.05, 0) is 57.3 Å². The minimum Gasteiger partial charge on any atom is -0.377 e. The van der Waals surface area contributed by atoms with E-state index in [1.165, 1.54) is 44.1 Å². The first-order valence-electron chi connectivity index (χ1n) is 7.19. The summed E-state index contributed by atoms with van der Waals surface area (Å²) in [5.74, 6) is 2.24. The smallest absolute Gasteiger partial charge is 0.0671 e. The average molecular weight is 232 g/mol. The summed E-state index contributed by atoms with van der Waals surface area (Å²) in [6.07, 6.45) is 10.6. The van der Waals surface area contributed by atoms with Crippen LogP contribution in [0.5, 0.6) is 0 Å². The zero-order valence-corrected chi connectivity index (χ0v) is 11.0. The molecule has 94 valence electrons. The number of hydrogen-bond donors (Lipinski definition) is 0. The molecule has 1 heterocycles. The monoisotopic (exact) mass is 232 g/mol. The van der Waals surface area contributed by atoms with Gasteiger partial charge < -0.3 is 4.74 Å². The Bertz CT molecular complexity index is 341. The molecule has 4 atom stereocenters. The minimum absolute atomic E-state index is 0.475. The van der Waals surface area contributed by atoms with E-state index in [4.69, 9.17) is 4.74 Å². The number of rotatable bonds is 1. The molecular weight excluding hydrogens is 208 g/mol. The lowest BCUT2D eigenvalue weighted by atomic mass is 9.69. The van der Waals surface area contributed by atoms with Crippen LogP contribution >= 0.6 is 0 Å². The molecule has 0 aromatic rings. The highest BCUT2D eigenvalue weighted by Gasteiger charge is 2.40. The molecular formula is C16H24O. The summed E-state index contributed by atoms with van der Waals surface area (Å²) >= 11 is 0. The van der Waals surface area contributed by atoms with Crippen molar-refractivity contribution in [2.75, 3.05) is 6.61 Å². The molecule has 3 aliphatic rings. The maximum Gasteiger partial charge on any atom is 0.0671 e. The Kier molecular flexibility index (Phi) is 3.12. The number of hydrogen-bond acceptors (Lipinski definition) is 1. The van der Waals surface area contributed by atoms with Crippen molar-refractivity contribution in [3.05, 3.63) is 23.8 Å². The van der Waals surface area contributed by atoms with E-state index in [1.807, 2.05) is 0 Å². The average Bonchev–Trinajstić information content (AvgIpc) is 2.34. The van der Waals surface area contributed by atoms with Crippen molar-refractivity contribution in [1.29, 1.82) is 0 Å². The first-order valence-corrected chi connectivity index (χ1v) is 7.19. The van der Waals surface area contributed by atoms with Crippen molar-refractivity contribution in [3.63, 3.8) is 0 Å². The van der Waals surface area contributed by atoms with Crippen molar-refractivity contribution in [2.24, 2.45) is 17.8 Å². The largest absolute Gasteiger partial charge is 0.377 e. The molecule has 0 unspecified atom stereocenters. The standard InChI is InChI=1S/C16H24O/c1-11-4-3-5-14(8-11)16-15-9-13(10-17-16)7-6-12(15)2/h4,13-16H,2-3,5-10H2,1H3/t13-,14-,15+,16-/m1/s1. The quantitative estimate of drug-likeness (QED) is 0.618. The second kappa shape index (κ2) is 4.61. The molecule has 1 saturated heterocycles. The van der Waals surface area contributed by atoms with Gasteiger partial charge in [0.15, 0.2) is 0 Å². The number of allylic oxidation sites excluding steroid dienone is 2. The van der Waals surface area contributed by atoms with Crippen LogP contribution in [-0.2, 0) is 4.74 Å². The Hall–Kier alpha value is -0.560. The summed E-state index contributed by atoms with van der Waals surface area (Å²) in [5, 5.41) is 0. The van der Waals surface area contributed by atoms with Gasteiger partial charge in [0.2, 0.25) is 0 Å². The van der Waals surface area contributed by atoms with E-state index in [0.717, 1.165) is 18.4 Å². The van der Waals surface area contributed by atoms with Gasteiger partial charge in [-0.3, -0.25) is 0 Å². The van der Waals surface area contributed by atoms with Crippen LogP contribution in [0.4, 0.5) is 0 Å². The summed E-state index contributed by atoms with van der Waals surface area (Å²) in [6, 6.07) is 0. The summed E-state index contributed by atoms with van der Waals surface area (Å²) in [4.78, 5) is 0. The minimum atomic E-state index is 0.475. The van der Waals surface area contributed by atoms with E-state index in [9.17, 15) is 0 Å². The second-order valence-corrected chi connectivity index (χ2v) is 6.30. The number of ether oxygens (including phenoxy) is 1. The lowest BCUT2D eigenvalue weighted by molar-refractivity contribution is -0.0881. The van der Waals surface area contributed by atoms with E-state index >= 15 is 0 Å². The zero-order chi connectivity index (χ0) is 11.8. The van der Waals surface area contributed by atoms with Gasteiger partial charge in [-0.25, -0.2) is 0 Å². The van der Waals surface area contributed by atoms with Crippen LogP contribution in [0.3, 0.4) is 0 Å². The molecule has 1 aliphatic heterocycles. The van der Waals surface area contributed by atoms with Crippen LogP contribution < -0.4 is 0 Å². The van der Waals surface area contributed by atoms with Gasteiger partial charge in [-0.2, -0.15) is 0 Å². The Morgan fingerprint density at radius 2 is 2.24 bits per heavy atom. The van der Waals surface area contributed by atoms with Gasteiger partial charge in [-0.15, -0.1) is 0 Å². The van der Waals surface area contributed by atoms with Crippen LogP contribution in [-0.4, -0.2) is 12.7 Å². The molecule has 0 aromatic carbocycles. The van der Waals surface area contributed by atoms with Gasteiger partial charge in [0.05, 0.1) is 6.10 Å². The molecule has 2 aliphatic carbocycles.